The number of fused-ring (bicyclic) bond motifs is 1. The molecule has 0 saturated heterocycles. The molecule has 2 aromatic rings. The third-order valence-electron chi connectivity index (χ3n) is 2.11. The predicted molar refractivity (Wildman–Crippen MR) is 61.3 cm³/mol. The van der Waals surface area contributed by atoms with Crippen molar-refractivity contribution in [2.75, 3.05) is 0 Å². The van der Waals surface area contributed by atoms with Crippen molar-refractivity contribution in [3.63, 3.8) is 0 Å². The highest BCUT2D eigenvalue weighted by Crippen LogP contribution is 2.29. The van der Waals surface area contributed by atoms with E-state index in [-0.39, 0.29) is 5.56 Å². The average molecular weight is 264 g/mol. The van der Waals surface area contributed by atoms with Crippen LogP contribution in [0, 0.1) is 0 Å². The van der Waals surface area contributed by atoms with Crippen molar-refractivity contribution in [1.29, 1.82) is 0 Å². The molecule has 0 amide bonds. The average Bonchev–Trinajstić information content (AvgIpc) is 2.17. The third-order valence-corrected chi connectivity index (χ3v) is 2.80. The Morgan fingerprint density at radius 3 is 2.67 bits per heavy atom. The summed E-state index contributed by atoms with van der Waals surface area (Å²) in [5, 5.41) is 19.5. The Labute approximate surface area is 96.3 Å². The Bertz CT molecular complexity index is 510. The smallest absolute Gasteiger partial charge is 0.161 e. The fraction of sp³-hybridized carbons (Fsp3) is 0.100. The van der Waals surface area contributed by atoms with Gasteiger partial charge < -0.3 is 10.2 Å². The monoisotopic (exact) mass is 263 g/mol. The van der Waals surface area contributed by atoms with Gasteiger partial charge in [0.15, 0.2) is 7.85 Å². The SMILES string of the molecule is [B]C(O)(O)c1ccc(Br)c2cccnc12. The van der Waals surface area contributed by atoms with Crippen LogP contribution in [0.5, 0.6) is 0 Å². The number of aliphatic hydroxyl groups is 2. The van der Waals surface area contributed by atoms with Crippen molar-refractivity contribution in [3.05, 3.63) is 40.5 Å². The van der Waals surface area contributed by atoms with Crippen LogP contribution < -0.4 is 0 Å². The molecule has 0 bridgehead atoms. The van der Waals surface area contributed by atoms with E-state index in [1.807, 2.05) is 6.07 Å². The lowest BCUT2D eigenvalue weighted by molar-refractivity contribution is -0.0899. The highest BCUT2D eigenvalue weighted by Gasteiger charge is 2.21. The van der Waals surface area contributed by atoms with E-state index in [9.17, 15) is 10.2 Å². The Morgan fingerprint density at radius 2 is 2.00 bits per heavy atom. The first kappa shape index (κ1) is 10.6. The largest absolute Gasteiger partial charge is 0.371 e. The lowest BCUT2D eigenvalue weighted by Gasteiger charge is -2.19. The second-order valence-corrected chi connectivity index (χ2v) is 4.07. The summed E-state index contributed by atoms with van der Waals surface area (Å²) in [5.74, 6) is 0. The van der Waals surface area contributed by atoms with Crippen molar-refractivity contribution < 1.29 is 10.2 Å². The summed E-state index contributed by atoms with van der Waals surface area (Å²) in [6, 6.07) is 6.82. The summed E-state index contributed by atoms with van der Waals surface area (Å²) in [4.78, 5) is 4.08. The summed E-state index contributed by atoms with van der Waals surface area (Å²) in [6.07, 6.45) is 1.57. The van der Waals surface area contributed by atoms with E-state index in [1.54, 1.807) is 18.3 Å². The summed E-state index contributed by atoms with van der Waals surface area (Å²) < 4.78 is 0.832. The molecule has 2 radical (unpaired) electrons. The van der Waals surface area contributed by atoms with Crippen molar-refractivity contribution in [3.8, 4) is 0 Å². The molecule has 5 heteroatoms. The van der Waals surface area contributed by atoms with Crippen LogP contribution >= 0.6 is 15.9 Å². The second kappa shape index (κ2) is 3.59. The molecule has 74 valence electrons. The molecular weight excluding hydrogens is 257 g/mol. The van der Waals surface area contributed by atoms with E-state index in [0.29, 0.717) is 5.52 Å². The first-order valence-corrected chi connectivity index (χ1v) is 5.07. The number of aromatic nitrogens is 1. The molecular formula is C10H7BBrNO2. The molecule has 1 aromatic carbocycles. The van der Waals surface area contributed by atoms with E-state index in [2.05, 4.69) is 20.9 Å². The molecule has 0 aliphatic heterocycles. The van der Waals surface area contributed by atoms with Crippen molar-refractivity contribution in [1.82, 2.24) is 4.98 Å². The van der Waals surface area contributed by atoms with Crippen molar-refractivity contribution >= 4 is 34.7 Å². The number of hydrogen-bond acceptors (Lipinski definition) is 3. The standard InChI is InChI=1S/C10H7BBrNO2/c11-10(14,15)7-3-4-8(12)6-2-1-5-13-9(6)7/h1-5,14-15H. The molecule has 0 aliphatic carbocycles. The second-order valence-electron chi connectivity index (χ2n) is 3.22. The number of rotatable bonds is 1. The van der Waals surface area contributed by atoms with Gasteiger partial charge in [-0.05, 0) is 12.1 Å². The van der Waals surface area contributed by atoms with Gasteiger partial charge in [-0.15, -0.1) is 0 Å². The van der Waals surface area contributed by atoms with Gasteiger partial charge in [-0.2, -0.15) is 0 Å². The van der Waals surface area contributed by atoms with E-state index in [0.717, 1.165) is 9.86 Å². The van der Waals surface area contributed by atoms with Crippen LogP contribution in [0.15, 0.2) is 34.9 Å². The number of hydrogen-bond donors (Lipinski definition) is 2. The lowest BCUT2D eigenvalue weighted by Crippen LogP contribution is -2.25. The first-order chi connectivity index (χ1) is 7.00. The zero-order valence-corrected chi connectivity index (χ0v) is 9.27. The van der Waals surface area contributed by atoms with Crippen LogP contribution in [0.1, 0.15) is 5.56 Å². The molecule has 0 spiro atoms. The number of nitrogens with zero attached hydrogens (tertiary/aromatic N) is 1. The lowest BCUT2D eigenvalue weighted by atomic mass is 9.86. The quantitative estimate of drug-likeness (QED) is 0.602. The number of halogens is 1. The molecule has 0 aliphatic rings. The molecule has 0 saturated carbocycles. The highest BCUT2D eigenvalue weighted by atomic mass is 79.9. The predicted octanol–water partition coefficient (Wildman–Crippen LogP) is 1.26. The summed E-state index contributed by atoms with van der Waals surface area (Å²) in [7, 11) is 5.23. The molecule has 2 rings (SSSR count). The molecule has 0 fully saturated rings. The van der Waals surface area contributed by atoms with Crippen LogP contribution in [0.2, 0.25) is 0 Å². The molecule has 3 nitrogen and oxygen atoms in total. The summed E-state index contributed by atoms with van der Waals surface area (Å²) >= 11 is 3.35. The molecule has 0 atom stereocenters. The van der Waals surface area contributed by atoms with Gasteiger partial charge in [0, 0.05) is 21.6 Å². The van der Waals surface area contributed by atoms with Gasteiger partial charge in [-0.3, -0.25) is 4.98 Å². The highest BCUT2D eigenvalue weighted by molar-refractivity contribution is 9.10. The summed E-state index contributed by atoms with van der Waals surface area (Å²) in [6.45, 7) is 0. The van der Waals surface area contributed by atoms with Gasteiger partial charge >= 0.3 is 0 Å². The summed E-state index contributed by atoms with van der Waals surface area (Å²) in [5.41, 5.74) is -1.71. The molecule has 0 unspecified atom stereocenters. The zero-order valence-electron chi connectivity index (χ0n) is 7.68. The Hall–Kier alpha value is -0.905. The zero-order chi connectivity index (χ0) is 11.1. The normalized spacial score (nSPS) is 11.9. The fourth-order valence-electron chi connectivity index (χ4n) is 1.43. The van der Waals surface area contributed by atoms with Crippen LogP contribution in [0.25, 0.3) is 10.9 Å². The van der Waals surface area contributed by atoms with Crippen molar-refractivity contribution in [2.24, 2.45) is 0 Å². The number of pyridine rings is 1. The van der Waals surface area contributed by atoms with Crippen LogP contribution in [-0.2, 0) is 5.69 Å². The Kier molecular flexibility index (Phi) is 2.54. The van der Waals surface area contributed by atoms with E-state index in [1.165, 1.54) is 6.07 Å². The minimum absolute atomic E-state index is 0.182. The van der Waals surface area contributed by atoms with Crippen molar-refractivity contribution in [2.45, 2.75) is 5.69 Å². The van der Waals surface area contributed by atoms with Gasteiger partial charge in [-0.25, -0.2) is 0 Å². The number of benzene rings is 1. The molecule has 1 aromatic heterocycles. The molecule has 1 heterocycles. The minimum atomic E-state index is -2.37. The topological polar surface area (TPSA) is 53.4 Å². The minimum Gasteiger partial charge on any atom is -0.371 e. The van der Waals surface area contributed by atoms with Gasteiger partial charge in [0.05, 0.1) is 5.52 Å². The van der Waals surface area contributed by atoms with E-state index in [4.69, 9.17) is 7.85 Å². The Balaban J connectivity index is 2.84. The Morgan fingerprint density at radius 1 is 1.27 bits per heavy atom. The van der Waals surface area contributed by atoms with E-state index >= 15 is 0 Å². The van der Waals surface area contributed by atoms with E-state index < -0.39 is 5.69 Å². The maximum atomic E-state index is 9.36. The molecule has 2 N–H and O–H groups in total. The fourth-order valence-corrected chi connectivity index (χ4v) is 1.89. The van der Waals surface area contributed by atoms with Gasteiger partial charge in [-0.1, -0.05) is 28.1 Å². The maximum Gasteiger partial charge on any atom is 0.161 e. The maximum absolute atomic E-state index is 9.36. The van der Waals surface area contributed by atoms with Crippen LogP contribution in [-0.4, -0.2) is 23.0 Å². The molecule has 15 heavy (non-hydrogen) atoms. The first-order valence-electron chi connectivity index (χ1n) is 4.27. The van der Waals surface area contributed by atoms with Gasteiger partial charge in [0.2, 0.25) is 0 Å². The third kappa shape index (κ3) is 1.90. The van der Waals surface area contributed by atoms with Crippen LogP contribution in [0.3, 0.4) is 0 Å². The van der Waals surface area contributed by atoms with Crippen LogP contribution in [0.4, 0.5) is 0 Å². The van der Waals surface area contributed by atoms with Gasteiger partial charge in [0.1, 0.15) is 5.69 Å². The van der Waals surface area contributed by atoms with Gasteiger partial charge in [0.25, 0.3) is 0 Å².